The topological polar surface area (TPSA) is 50.4 Å². The second-order valence-corrected chi connectivity index (χ2v) is 5.11. The fourth-order valence-electron chi connectivity index (χ4n) is 2.04. The Morgan fingerprint density at radius 3 is 2.50 bits per heavy atom. The fraction of sp³-hybridized carbons (Fsp3) is 0.278. The molecule has 0 atom stereocenters. The van der Waals surface area contributed by atoms with Crippen LogP contribution in [-0.2, 0) is 11.3 Å². The van der Waals surface area contributed by atoms with Crippen LogP contribution in [0.4, 0.5) is 11.4 Å². The van der Waals surface area contributed by atoms with Crippen molar-refractivity contribution in [1.82, 2.24) is 0 Å². The van der Waals surface area contributed by atoms with E-state index in [1.165, 1.54) is 12.5 Å². The highest BCUT2D eigenvalue weighted by atomic mass is 16.5. The van der Waals surface area contributed by atoms with Gasteiger partial charge in [-0.1, -0.05) is 19.1 Å². The first kappa shape index (κ1) is 15.9. The first-order valence-electron chi connectivity index (χ1n) is 7.50. The molecule has 0 aliphatic carbocycles. The molecule has 0 unspecified atom stereocenters. The molecule has 0 heterocycles. The number of hydrogen-bond donors (Lipinski definition) is 2. The summed E-state index contributed by atoms with van der Waals surface area (Å²) in [6.45, 7) is 5.06. The molecular weight excluding hydrogens is 276 g/mol. The van der Waals surface area contributed by atoms with Gasteiger partial charge in [-0.05, 0) is 48.4 Å². The molecule has 4 heteroatoms. The number of benzene rings is 2. The van der Waals surface area contributed by atoms with Crippen LogP contribution in [0.5, 0.6) is 5.75 Å². The minimum absolute atomic E-state index is 0.0652. The highest BCUT2D eigenvalue weighted by Gasteiger charge is 1.99. The SMILES string of the molecule is CCCOc1cccc(CNc2ccc(NC(C)=O)cc2)c1. The molecule has 0 spiro atoms. The van der Waals surface area contributed by atoms with E-state index in [9.17, 15) is 4.79 Å². The Hall–Kier alpha value is -2.49. The van der Waals surface area contributed by atoms with Crippen LogP contribution >= 0.6 is 0 Å². The molecule has 0 aromatic heterocycles. The van der Waals surface area contributed by atoms with Gasteiger partial charge < -0.3 is 15.4 Å². The summed E-state index contributed by atoms with van der Waals surface area (Å²) >= 11 is 0. The van der Waals surface area contributed by atoms with Crippen LogP contribution in [0.3, 0.4) is 0 Å². The molecule has 1 amide bonds. The third kappa shape index (κ3) is 5.13. The van der Waals surface area contributed by atoms with E-state index in [2.05, 4.69) is 23.6 Å². The third-order valence-electron chi connectivity index (χ3n) is 3.07. The molecule has 0 aliphatic heterocycles. The lowest BCUT2D eigenvalue weighted by molar-refractivity contribution is -0.114. The van der Waals surface area contributed by atoms with Crippen LogP contribution in [0.25, 0.3) is 0 Å². The Morgan fingerprint density at radius 1 is 1.09 bits per heavy atom. The smallest absolute Gasteiger partial charge is 0.221 e. The monoisotopic (exact) mass is 298 g/mol. The zero-order valence-electron chi connectivity index (χ0n) is 13.1. The summed E-state index contributed by atoms with van der Waals surface area (Å²) in [5, 5.41) is 6.11. The summed E-state index contributed by atoms with van der Waals surface area (Å²) in [5.41, 5.74) is 2.97. The van der Waals surface area contributed by atoms with Gasteiger partial charge in [0.1, 0.15) is 5.75 Å². The highest BCUT2D eigenvalue weighted by Crippen LogP contribution is 2.17. The average molecular weight is 298 g/mol. The van der Waals surface area contributed by atoms with Crippen LogP contribution in [0, 0.1) is 0 Å². The Kier molecular flexibility index (Phi) is 5.83. The van der Waals surface area contributed by atoms with E-state index < -0.39 is 0 Å². The van der Waals surface area contributed by atoms with Gasteiger partial charge in [0.05, 0.1) is 6.61 Å². The van der Waals surface area contributed by atoms with E-state index in [0.717, 1.165) is 36.7 Å². The lowest BCUT2D eigenvalue weighted by atomic mass is 10.2. The summed E-state index contributed by atoms with van der Waals surface area (Å²) in [5.74, 6) is 0.840. The van der Waals surface area contributed by atoms with Gasteiger partial charge in [-0.15, -0.1) is 0 Å². The Balaban J connectivity index is 1.90. The summed E-state index contributed by atoms with van der Waals surface area (Å²) in [7, 11) is 0. The quantitative estimate of drug-likeness (QED) is 0.811. The largest absolute Gasteiger partial charge is 0.494 e. The minimum Gasteiger partial charge on any atom is -0.494 e. The van der Waals surface area contributed by atoms with E-state index in [0.29, 0.717) is 0 Å². The van der Waals surface area contributed by atoms with Crippen LogP contribution in [0.15, 0.2) is 48.5 Å². The van der Waals surface area contributed by atoms with E-state index in [-0.39, 0.29) is 5.91 Å². The fourth-order valence-corrected chi connectivity index (χ4v) is 2.04. The van der Waals surface area contributed by atoms with Gasteiger partial charge in [0.25, 0.3) is 0 Å². The lowest BCUT2D eigenvalue weighted by Crippen LogP contribution is -2.05. The maximum absolute atomic E-state index is 11.0. The second kappa shape index (κ2) is 8.08. The summed E-state index contributed by atoms with van der Waals surface area (Å²) in [4.78, 5) is 11.0. The van der Waals surface area contributed by atoms with Crippen LogP contribution < -0.4 is 15.4 Å². The molecule has 4 nitrogen and oxygen atoms in total. The molecule has 0 saturated carbocycles. The van der Waals surface area contributed by atoms with Gasteiger partial charge >= 0.3 is 0 Å². The Labute approximate surface area is 131 Å². The number of hydrogen-bond acceptors (Lipinski definition) is 3. The number of anilines is 2. The van der Waals surface area contributed by atoms with Gasteiger partial charge in [0.15, 0.2) is 0 Å². The summed E-state index contributed by atoms with van der Waals surface area (Å²) < 4.78 is 5.63. The summed E-state index contributed by atoms with van der Waals surface area (Å²) in [6, 6.07) is 15.7. The zero-order chi connectivity index (χ0) is 15.8. The van der Waals surface area contributed by atoms with Crippen molar-refractivity contribution in [3.63, 3.8) is 0 Å². The molecule has 2 aromatic carbocycles. The Bertz CT molecular complexity index is 609. The molecule has 2 N–H and O–H groups in total. The van der Waals surface area contributed by atoms with E-state index in [4.69, 9.17) is 4.74 Å². The maximum atomic E-state index is 11.0. The number of nitrogens with one attached hydrogen (secondary N) is 2. The number of carbonyl (C=O) groups excluding carboxylic acids is 1. The van der Waals surface area contributed by atoms with Crippen LogP contribution in [0.2, 0.25) is 0 Å². The number of rotatable bonds is 7. The molecule has 2 aromatic rings. The Morgan fingerprint density at radius 2 is 1.82 bits per heavy atom. The molecule has 0 aliphatic rings. The third-order valence-corrected chi connectivity index (χ3v) is 3.07. The molecule has 0 fully saturated rings. The van der Waals surface area contributed by atoms with Gasteiger partial charge in [-0.2, -0.15) is 0 Å². The predicted octanol–water partition coefficient (Wildman–Crippen LogP) is 4.05. The number of ether oxygens (including phenoxy) is 1. The second-order valence-electron chi connectivity index (χ2n) is 5.11. The molecule has 116 valence electrons. The summed E-state index contributed by atoms with van der Waals surface area (Å²) in [6.07, 6.45) is 1.00. The van der Waals surface area contributed by atoms with Crippen molar-refractivity contribution < 1.29 is 9.53 Å². The zero-order valence-corrected chi connectivity index (χ0v) is 13.1. The van der Waals surface area contributed by atoms with Crippen molar-refractivity contribution in [2.24, 2.45) is 0 Å². The van der Waals surface area contributed by atoms with Crippen molar-refractivity contribution in [2.45, 2.75) is 26.8 Å². The van der Waals surface area contributed by atoms with E-state index >= 15 is 0 Å². The molecular formula is C18H22N2O2. The average Bonchev–Trinajstić information content (AvgIpc) is 2.52. The molecule has 2 rings (SSSR count). The normalized spacial score (nSPS) is 10.1. The van der Waals surface area contributed by atoms with Crippen LogP contribution in [0.1, 0.15) is 25.8 Å². The van der Waals surface area contributed by atoms with Crippen molar-refractivity contribution >= 4 is 17.3 Å². The lowest BCUT2D eigenvalue weighted by Gasteiger charge is -2.10. The van der Waals surface area contributed by atoms with Crippen molar-refractivity contribution in [1.29, 1.82) is 0 Å². The molecule has 0 saturated heterocycles. The molecule has 0 radical (unpaired) electrons. The van der Waals surface area contributed by atoms with Crippen molar-refractivity contribution in [3.05, 3.63) is 54.1 Å². The van der Waals surface area contributed by atoms with Gasteiger partial charge in [0, 0.05) is 24.8 Å². The van der Waals surface area contributed by atoms with Crippen molar-refractivity contribution in [2.75, 3.05) is 17.2 Å². The first-order chi connectivity index (χ1) is 10.7. The predicted molar refractivity (Wildman–Crippen MR) is 90.3 cm³/mol. The molecule has 0 bridgehead atoms. The van der Waals surface area contributed by atoms with Crippen molar-refractivity contribution in [3.8, 4) is 5.75 Å². The van der Waals surface area contributed by atoms with Crippen LogP contribution in [-0.4, -0.2) is 12.5 Å². The first-order valence-corrected chi connectivity index (χ1v) is 7.50. The minimum atomic E-state index is -0.0652. The van der Waals surface area contributed by atoms with Gasteiger partial charge in [0.2, 0.25) is 5.91 Å². The standard InChI is InChI=1S/C18H22N2O2/c1-3-11-22-18-6-4-5-15(12-18)13-19-16-7-9-17(10-8-16)20-14(2)21/h4-10,12,19H,3,11,13H2,1-2H3,(H,20,21). The highest BCUT2D eigenvalue weighted by molar-refractivity contribution is 5.88. The van der Waals surface area contributed by atoms with Gasteiger partial charge in [-0.25, -0.2) is 0 Å². The van der Waals surface area contributed by atoms with E-state index in [1.807, 2.05) is 42.5 Å². The van der Waals surface area contributed by atoms with Gasteiger partial charge in [-0.3, -0.25) is 4.79 Å². The van der Waals surface area contributed by atoms with E-state index in [1.54, 1.807) is 0 Å². The maximum Gasteiger partial charge on any atom is 0.221 e. The number of amides is 1. The molecule has 22 heavy (non-hydrogen) atoms. The number of carbonyl (C=O) groups is 1.